The van der Waals surface area contributed by atoms with E-state index in [-0.39, 0.29) is 29.5 Å². The van der Waals surface area contributed by atoms with Gasteiger partial charge in [0.1, 0.15) is 0 Å². The fraction of sp³-hybridized carbons (Fsp3) is 0.458. The van der Waals surface area contributed by atoms with Crippen molar-refractivity contribution in [3.05, 3.63) is 65.7 Å². The molecule has 8 heteroatoms. The average Bonchev–Trinajstić information content (AvgIpc) is 3.53. The standard InChI is InChI=1S/C24H31N3O4S/c28-24(25-18-23(27-13-4-5-14-27)19-8-2-1-3-9-19)20-10-6-12-22(16-20)32(29,30)26-17-21-11-7-15-31-21/h1-3,6,8-10,12,16,21,23,26H,4-5,7,11,13-15,17-18H2,(H,25,28). The van der Waals surface area contributed by atoms with E-state index in [1.54, 1.807) is 12.1 Å². The lowest BCUT2D eigenvalue weighted by Crippen LogP contribution is -2.37. The third-order valence-electron chi connectivity index (χ3n) is 6.15. The van der Waals surface area contributed by atoms with Crippen molar-refractivity contribution < 1.29 is 17.9 Å². The molecule has 2 aliphatic heterocycles. The monoisotopic (exact) mass is 457 g/mol. The topological polar surface area (TPSA) is 87.7 Å². The van der Waals surface area contributed by atoms with E-state index in [9.17, 15) is 13.2 Å². The van der Waals surface area contributed by atoms with Crippen LogP contribution in [0.4, 0.5) is 0 Å². The molecule has 0 spiro atoms. The highest BCUT2D eigenvalue weighted by Gasteiger charge is 2.25. The summed E-state index contributed by atoms with van der Waals surface area (Å²) in [5.41, 5.74) is 1.50. The van der Waals surface area contributed by atoms with E-state index in [1.807, 2.05) is 18.2 Å². The lowest BCUT2D eigenvalue weighted by molar-refractivity contribution is 0.0937. The van der Waals surface area contributed by atoms with Crippen LogP contribution >= 0.6 is 0 Å². The number of hydrogen-bond donors (Lipinski definition) is 2. The summed E-state index contributed by atoms with van der Waals surface area (Å²) >= 11 is 0. The summed E-state index contributed by atoms with van der Waals surface area (Å²) in [5, 5.41) is 3.01. The molecule has 2 aromatic rings. The van der Waals surface area contributed by atoms with Crippen molar-refractivity contribution in [3.8, 4) is 0 Å². The molecule has 0 radical (unpaired) electrons. The normalized spacial score (nSPS) is 20.3. The molecule has 0 bridgehead atoms. The van der Waals surface area contributed by atoms with Gasteiger partial charge in [-0.1, -0.05) is 36.4 Å². The Kier molecular flexibility index (Phi) is 7.57. The molecule has 2 saturated heterocycles. The van der Waals surface area contributed by atoms with Crippen LogP contribution < -0.4 is 10.0 Å². The molecule has 0 saturated carbocycles. The van der Waals surface area contributed by atoms with E-state index < -0.39 is 10.0 Å². The molecule has 4 rings (SSSR count). The van der Waals surface area contributed by atoms with Crippen molar-refractivity contribution in [2.75, 3.05) is 32.8 Å². The van der Waals surface area contributed by atoms with Crippen molar-refractivity contribution >= 4 is 15.9 Å². The zero-order valence-corrected chi connectivity index (χ0v) is 19.0. The quantitative estimate of drug-likeness (QED) is 0.605. The number of amides is 1. The summed E-state index contributed by atoms with van der Waals surface area (Å²) in [6.45, 7) is 3.41. The van der Waals surface area contributed by atoms with Crippen LogP contribution in [0.3, 0.4) is 0 Å². The maximum Gasteiger partial charge on any atom is 0.251 e. The lowest BCUT2D eigenvalue weighted by atomic mass is 10.1. The Morgan fingerprint density at radius 2 is 1.84 bits per heavy atom. The first-order valence-corrected chi connectivity index (χ1v) is 12.8. The van der Waals surface area contributed by atoms with Crippen LogP contribution in [0.5, 0.6) is 0 Å². The fourth-order valence-corrected chi connectivity index (χ4v) is 5.49. The van der Waals surface area contributed by atoms with Gasteiger partial charge < -0.3 is 10.1 Å². The zero-order valence-electron chi connectivity index (χ0n) is 18.2. The SMILES string of the molecule is O=C(NCC(c1ccccc1)N1CCCC1)c1cccc(S(=O)(=O)NCC2CCCO2)c1. The maximum atomic E-state index is 12.9. The molecule has 2 unspecified atom stereocenters. The van der Waals surface area contributed by atoms with E-state index in [2.05, 4.69) is 27.1 Å². The summed E-state index contributed by atoms with van der Waals surface area (Å²) in [5.74, 6) is -0.277. The molecule has 0 aliphatic carbocycles. The van der Waals surface area contributed by atoms with Crippen LogP contribution in [0, 0.1) is 0 Å². The van der Waals surface area contributed by atoms with E-state index in [0.717, 1.165) is 38.8 Å². The summed E-state index contributed by atoms with van der Waals surface area (Å²) in [6.07, 6.45) is 4.04. The summed E-state index contributed by atoms with van der Waals surface area (Å²) < 4.78 is 33.5. The Morgan fingerprint density at radius 1 is 1.06 bits per heavy atom. The van der Waals surface area contributed by atoms with Gasteiger partial charge in [-0.2, -0.15) is 0 Å². The van der Waals surface area contributed by atoms with E-state index in [1.165, 1.54) is 17.7 Å². The van der Waals surface area contributed by atoms with Crippen LogP contribution in [0.15, 0.2) is 59.5 Å². The van der Waals surface area contributed by atoms with Gasteiger partial charge in [-0.15, -0.1) is 0 Å². The second kappa shape index (κ2) is 10.6. The van der Waals surface area contributed by atoms with Gasteiger partial charge in [0.2, 0.25) is 10.0 Å². The minimum Gasteiger partial charge on any atom is -0.377 e. The first-order chi connectivity index (χ1) is 15.5. The third kappa shape index (κ3) is 5.75. The van der Waals surface area contributed by atoms with Gasteiger partial charge >= 0.3 is 0 Å². The van der Waals surface area contributed by atoms with Crippen LogP contribution in [0.1, 0.15) is 47.6 Å². The lowest BCUT2D eigenvalue weighted by Gasteiger charge is -2.28. The van der Waals surface area contributed by atoms with Crippen molar-refractivity contribution in [1.82, 2.24) is 14.9 Å². The van der Waals surface area contributed by atoms with Gasteiger partial charge in [-0.3, -0.25) is 9.69 Å². The maximum absolute atomic E-state index is 12.9. The largest absolute Gasteiger partial charge is 0.377 e. The van der Waals surface area contributed by atoms with Crippen molar-refractivity contribution in [2.24, 2.45) is 0 Å². The number of carbonyl (C=O) groups is 1. The number of benzene rings is 2. The van der Waals surface area contributed by atoms with Crippen LogP contribution in [0.2, 0.25) is 0 Å². The number of carbonyl (C=O) groups excluding carboxylic acids is 1. The zero-order chi connectivity index (χ0) is 22.4. The first-order valence-electron chi connectivity index (χ1n) is 11.3. The molecular weight excluding hydrogens is 426 g/mol. The van der Waals surface area contributed by atoms with Crippen LogP contribution in [-0.4, -0.2) is 58.1 Å². The number of ether oxygens (including phenoxy) is 1. The first kappa shape index (κ1) is 22.9. The van der Waals surface area contributed by atoms with Gasteiger partial charge in [0.15, 0.2) is 0 Å². The average molecular weight is 458 g/mol. The number of hydrogen-bond acceptors (Lipinski definition) is 5. The van der Waals surface area contributed by atoms with Gasteiger partial charge in [-0.25, -0.2) is 13.1 Å². The molecular formula is C24H31N3O4S. The van der Waals surface area contributed by atoms with E-state index >= 15 is 0 Å². The van der Waals surface area contributed by atoms with Crippen LogP contribution in [0.25, 0.3) is 0 Å². The predicted molar refractivity (Wildman–Crippen MR) is 123 cm³/mol. The fourth-order valence-electron chi connectivity index (χ4n) is 4.37. The Balaban J connectivity index is 1.41. The highest BCUT2D eigenvalue weighted by atomic mass is 32.2. The molecule has 7 nitrogen and oxygen atoms in total. The summed E-state index contributed by atoms with van der Waals surface area (Å²) in [6, 6.07) is 16.5. The molecule has 0 aromatic heterocycles. The molecule has 172 valence electrons. The molecule has 2 aliphatic rings. The van der Waals surface area contributed by atoms with Crippen molar-refractivity contribution in [3.63, 3.8) is 0 Å². The Morgan fingerprint density at radius 3 is 2.56 bits per heavy atom. The van der Waals surface area contributed by atoms with E-state index in [0.29, 0.717) is 18.7 Å². The van der Waals surface area contributed by atoms with Gasteiger partial charge in [0.05, 0.1) is 17.0 Å². The summed E-state index contributed by atoms with van der Waals surface area (Å²) in [7, 11) is -3.71. The molecule has 2 atom stereocenters. The van der Waals surface area contributed by atoms with Crippen molar-refractivity contribution in [1.29, 1.82) is 0 Å². The molecule has 2 N–H and O–H groups in total. The number of nitrogens with one attached hydrogen (secondary N) is 2. The second-order valence-corrected chi connectivity index (χ2v) is 10.2. The van der Waals surface area contributed by atoms with E-state index in [4.69, 9.17) is 4.74 Å². The van der Waals surface area contributed by atoms with Gasteiger partial charge in [0.25, 0.3) is 5.91 Å². The van der Waals surface area contributed by atoms with Crippen LogP contribution in [-0.2, 0) is 14.8 Å². The molecule has 1 amide bonds. The number of sulfonamides is 1. The predicted octanol–water partition coefficient (Wildman–Crippen LogP) is 2.71. The minimum absolute atomic E-state index is 0.0855. The Hall–Kier alpha value is -2.26. The Bertz CT molecular complexity index is 1000. The third-order valence-corrected chi connectivity index (χ3v) is 7.57. The second-order valence-electron chi connectivity index (χ2n) is 8.39. The number of rotatable bonds is 9. The van der Waals surface area contributed by atoms with Gasteiger partial charge in [0, 0.05) is 25.3 Å². The molecule has 32 heavy (non-hydrogen) atoms. The Labute approximate surface area is 190 Å². The molecule has 2 aromatic carbocycles. The smallest absolute Gasteiger partial charge is 0.251 e. The number of nitrogens with zero attached hydrogens (tertiary/aromatic N) is 1. The minimum atomic E-state index is -3.71. The number of likely N-dealkylation sites (tertiary alicyclic amines) is 1. The highest BCUT2D eigenvalue weighted by molar-refractivity contribution is 7.89. The highest BCUT2D eigenvalue weighted by Crippen LogP contribution is 2.24. The van der Waals surface area contributed by atoms with Crippen molar-refractivity contribution in [2.45, 2.75) is 42.7 Å². The molecule has 2 heterocycles. The molecule has 2 fully saturated rings. The summed E-state index contributed by atoms with van der Waals surface area (Å²) in [4.78, 5) is 15.4. The van der Waals surface area contributed by atoms with Gasteiger partial charge in [-0.05, 0) is 62.5 Å².